The number of rotatable bonds is 6. The summed E-state index contributed by atoms with van der Waals surface area (Å²) >= 11 is 0. The van der Waals surface area contributed by atoms with Crippen LogP contribution in [0.25, 0.3) is 117 Å². The van der Waals surface area contributed by atoms with Crippen molar-refractivity contribution in [2.75, 3.05) is 0 Å². The maximum Gasteiger partial charge on any atom is 0.159 e. The van der Waals surface area contributed by atoms with Crippen molar-refractivity contribution in [1.82, 2.24) is 4.57 Å². The van der Waals surface area contributed by atoms with E-state index in [0.717, 1.165) is 83.9 Å². The summed E-state index contributed by atoms with van der Waals surface area (Å²) in [5.74, 6) is 1.17. The number of para-hydroxylation sites is 3. The zero-order chi connectivity index (χ0) is 44.2. The Morgan fingerprint density at radius 2 is 1.24 bits per heavy atom. The molecular formula is C64H39NO2. The standard InChI is InChI=1S/C64H39NO2/c1-39(40-28-30-42(31-29-40)44-18-11-17-43(36-44)41-14-3-2-4-15-41)55-37-45-16-5-6-19-47(45)61-51(55)34-35-56-62(61)54-33-32-46(48-22-12-23-52-49-20-7-9-26-59(49)66-63(48)52)38-58(54)65(56)57-25-13-24-53-50-21-8-10-27-60(50)67-64(53)57/h2-7,9,11-33,36,38-39,55H,37H2,1H3. The Morgan fingerprint density at radius 1 is 0.537 bits per heavy atom. The van der Waals surface area contributed by atoms with Gasteiger partial charge < -0.3 is 8.83 Å². The van der Waals surface area contributed by atoms with Crippen LogP contribution in [0.3, 0.4) is 0 Å². The summed E-state index contributed by atoms with van der Waals surface area (Å²) in [7, 11) is 0. The Morgan fingerprint density at radius 3 is 2.13 bits per heavy atom. The van der Waals surface area contributed by atoms with E-state index in [-0.39, 0.29) is 11.8 Å². The lowest BCUT2D eigenvalue weighted by Crippen LogP contribution is -2.17. The second-order valence-corrected chi connectivity index (χ2v) is 18.0. The maximum absolute atomic E-state index is 6.73. The van der Waals surface area contributed by atoms with E-state index in [1.54, 1.807) is 0 Å². The molecule has 0 aliphatic heterocycles. The molecule has 0 saturated carbocycles. The SMILES string of the molecule is CC(c1ccc(-c2cccc(-c3ccccc3)c2)cc1)C1Cc2ccccc2-c2c1c#cc1c2c2ccc(-c3cccc4c3oc3ccccc34)cc2n1-c1cccc2c3c(oc12)C=C=C=C3. The van der Waals surface area contributed by atoms with Gasteiger partial charge in [0, 0.05) is 67.3 Å². The molecule has 3 heteroatoms. The molecule has 2 atom stereocenters. The molecular weight excluding hydrogens is 815 g/mol. The number of hydrogen-bond acceptors (Lipinski definition) is 2. The third-order valence-electron chi connectivity index (χ3n) is 14.5. The van der Waals surface area contributed by atoms with E-state index in [9.17, 15) is 0 Å². The van der Waals surface area contributed by atoms with Crippen molar-refractivity contribution in [3.63, 3.8) is 0 Å². The molecule has 9 aromatic carbocycles. The van der Waals surface area contributed by atoms with Crippen LogP contribution >= 0.6 is 0 Å². The van der Waals surface area contributed by atoms with Gasteiger partial charge in [0.25, 0.3) is 0 Å². The molecule has 0 N–H and O–H groups in total. The van der Waals surface area contributed by atoms with Gasteiger partial charge in [0.15, 0.2) is 5.58 Å². The van der Waals surface area contributed by atoms with E-state index in [0.29, 0.717) is 0 Å². The largest absolute Gasteiger partial charge is 0.455 e. The molecule has 0 spiro atoms. The Labute approximate surface area is 387 Å². The number of nitrogens with zero attached hydrogens (tertiary/aromatic N) is 1. The molecule has 67 heavy (non-hydrogen) atoms. The van der Waals surface area contributed by atoms with Crippen LogP contribution in [0, 0.1) is 12.1 Å². The Hall–Kier alpha value is -8.76. The first-order valence-electron chi connectivity index (χ1n) is 23.1. The molecule has 12 aromatic rings. The van der Waals surface area contributed by atoms with Gasteiger partial charge in [0.1, 0.15) is 22.4 Å². The smallest absolute Gasteiger partial charge is 0.159 e. The van der Waals surface area contributed by atoms with E-state index in [4.69, 9.17) is 8.83 Å². The molecule has 2 aliphatic rings. The van der Waals surface area contributed by atoms with Crippen LogP contribution in [-0.4, -0.2) is 4.57 Å². The molecule has 0 bridgehead atoms. The van der Waals surface area contributed by atoms with Gasteiger partial charge in [0.2, 0.25) is 0 Å². The summed E-state index contributed by atoms with van der Waals surface area (Å²) in [5, 5.41) is 5.58. The molecule has 0 amide bonds. The van der Waals surface area contributed by atoms with E-state index in [1.165, 1.54) is 55.5 Å². The van der Waals surface area contributed by atoms with Crippen LogP contribution in [0.5, 0.6) is 0 Å². The van der Waals surface area contributed by atoms with E-state index in [2.05, 4.69) is 205 Å². The van der Waals surface area contributed by atoms with Crippen LogP contribution in [0.2, 0.25) is 0 Å². The Balaban J connectivity index is 0.963. The molecule has 2 aliphatic carbocycles. The van der Waals surface area contributed by atoms with E-state index >= 15 is 0 Å². The monoisotopic (exact) mass is 853 g/mol. The van der Waals surface area contributed by atoms with Crippen molar-refractivity contribution in [2.24, 2.45) is 0 Å². The van der Waals surface area contributed by atoms with Crippen molar-refractivity contribution < 1.29 is 8.83 Å². The average molecular weight is 854 g/mol. The summed E-state index contributed by atoms with van der Waals surface area (Å²) in [6.07, 6.45) is 4.76. The fraction of sp³-hybridized carbons (Fsp3) is 0.0625. The molecule has 14 rings (SSSR count). The van der Waals surface area contributed by atoms with Gasteiger partial charge in [-0.25, -0.2) is 0 Å². The first-order chi connectivity index (χ1) is 33.1. The van der Waals surface area contributed by atoms with Gasteiger partial charge in [0.05, 0.1) is 11.2 Å². The summed E-state index contributed by atoms with van der Waals surface area (Å²) in [4.78, 5) is 0. The van der Waals surface area contributed by atoms with Crippen LogP contribution in [-0.2, 0) is 6.42 Å². The minimum Gasteiger partial charge on any atom is -0.455 e. The topological polar surface area (TPSA) is 31.2 Å². The minimum atomic E-state index is 0.174. The highest BCUT2D eigenvalue weighted by atomic mass is 16.3. The number of furan rings is 2. The molecule has 3 heterocycles. The Bertz CT molecular complexity index is 4110. The zero-order valence-corrected chi connectivity index (χ0v) is 36.6. The second kappa shape index (κ2) is 14.6. The third-order valence-corrected chi connectivity index (χ3v) is 14.5. The number of benzene rings is 8. The summed E-state index contributed by atoms with van der Waals surface area (Å²) in [6.45, 7) is 2.39. The summed E-state index contributed by atoms with van der Waals surface area (Å²) in [6, 6.07) is 73.4. The summed E-state index contributed by atoms with van der Waals surface area (Å²) < 4.78 is 15.7. The fourth-order valence-corrected chi connectivity index (χ4v) is 11.2. The van der Waals surface area contributed by atoms with Gasteiger partial charge in [-0.2, -0.15) is 0 Å². The maximum atomic E-state index is 6.73. The van der Waals surface area contributed by atoms with Gasteiger partial charge in [-0.15, -0.1) is 0 Å². The normalized spacial score (nSPS) is 14.2. The average Bonchev–Trinajstić information content (AvgIpc) is 4.08. The Kier molecular flexibility index (Phi) is 8.21. The lowest BCUT2D eigenvalue weighted by Gasteiger charge is -2.31. The molecule has 0 fully saturated rings. The highest BCUT2D eigenvalue weighted by Crippen LogP contribution is 2.51. The first kappa shape index (κ1) is 37.6. The predicted molar refractivity (Wildman–Crippen MR) is 275 cm³/mol. The van der Waals surface area contributed by atoms with Gasteiger partial charge >= 0.3 is 0 Å². The first-order valence-corrected chi connectivity index (χ1v) is 23.1. The summed E-state index contributed by atoms with van der Waals surface area (Å²) in [5.41, 5.74) is 26.2. The molecule has 0 saturated heterocycles. The highest BCUT2D eigenvalue weighted by Gasteiger charge is 2.33. The minimum absolute atomic E-state index is 0.174. The molecule has 0 radical (unpaired) electrons. The third kappa shape index (κ3) is 5.75. The van der Waals surface area contributed by atoms with Crippen LogP contribution in [0.15, 0.2) is 202 Å². The van der Waals surface area contributed by atoms with Crippen LogP contribution in [0.4, 0.5) is 0 Å². The predicted octanol–water partition coefficient (Wildman–Crippen LogP) is 16.9. The zero-order valence-electron chi connectivity index (χ0n) is 36.6. The molecule has 3 aromatic heterocycles. The van der Waals surface area contributed by atoms with Crippen molar-refractivity contribution in [2.45, 2.75) is 25.2 Å². The van der Waals surface area contributed by atoms with Crippen LogP contribution < -0.4 is 0 Å². The lowest BCUT2D eigenvalue weighted by atomic mass is 9.71. The number of hydrogen-bond donors (Lipinski definition) is 0. The van der Waals surface area contributed by atoms with Crippen LogP contribution in [0.1, 0.15) is 46.8 Å². The fourth-order valence-electron chi connectivity index (χ4n) is 11.2. The van der Waals surface area contributed by atoms with Gasteiger partial charge in [-0.05, 0) is 87.2 Å². The lowest BCUT2D eigenvalue weighted by molar-refractivity contribution is 0.569. The van der Waals surface area contributed by atoms with Gasteiger partial charge in [-0.1, -0.05) is 182 Å². The van der Waals surface area contributed by atoms with Crippen molar-refractivity contribution in [3.05, 3.63) is 234 Å². The second-order valence-electron chi connectivity index (χ2n) is 18.0. The van der Waals surface area contributed by atoms with Crippen molar-refractivity contribution in [1.29, 1.82) is 0 Å². The molecule has 3 nitrogen and oxygen atoms in total. The number of aromatic nitrogens is 1. The molecule has 312 valence electrons. The highest BCUT2D eigenvalue weighted by molar-refractivity contribution is 6.18. The molecule has 2 unspecified atom stereocenters. The quantitative estimate of drug-likeness (QED) is 0.156. The van der Waals surface area contributed by atoms with E-state index < -0.39 is 0 Å². The van der Waals surface area contributed by atoms with Crippen molar-refractivity contribution >= 4 is 66.9 Å². The number of fused-ring (bicyclic) bond motifs is 13. The van der Waals surface area contributed by atoms with Gasteiger partial charge in [-0.3, -0.25) is 4.57 Å². The van der Waals surface area contributed by atoms with E-state index in [1.807, 2.05) is 24.3 Å². The van der Waals surface area contributed by atoms with Crippen molar-refractivity contribution in [3.8, 4) is 50.2 Å².